The van der Waals surface area contributed by atoms with Crippen LogP contribution in [0.1, 0.15) is 42.0 Å². The zero-order valence-electron chi connectivity index (χ0n) is 14.1. The van der Waals surface area contributed by atoms with Gasteiger partial charge in [-0.3, -0.25) is 4.90 Å². The van der Waals surface area contributed by atoms with Crippen molar-refractivity contribution in [2.45, 2.75) is 43.2 Å². The Morgan fingerprint density at radius 2 is 2.13 bits per heavy atom. The number of methoxy groups -OCH3 is 2. The molecule has 1 N–H and O–H groups in total. The minimum absolute atomic E-state index is 0.0353. The number of fused-ring (bicyclic) bond motifs is 1. The number of allylic oxidation sites excluding steroid dienone is 1. The predicted octanol–water partition coefficient (Wildman–Crippen LogP) is 2.59. The lowest BCUT2D eigenvalue weighted by atomic mass is 9.73. The Morgan fingerprint density at radius 1 is 1.30 bits per heavy atom. The molecular formula is C19H25NO3. The van der Waals surface area contributed by atoms with Gasteiger partial charge in [-0.05, 0) is 49.9 Å². The van der Waals surface area contributed by atoms with E-state index in [4.69, 9.17) is 9.47 Å². The van der Waals surface area contributed by atoms with Gasteiger partial charge in [0.1, 0.15) is 0 Å². The third-order valence-corrected chi connectivity index (χ3v) is 5.97. The molecular weight excluding hydrogens is 290 g/mol. The maximum atomic E-state index is 9.92. The van der Waals surface area contributed by atoms with Crippen LogP contribution in [0.5, 0.6) is 11.5 Å². The van der Waals surface area contributed by atoms with Crippen molar-refractivity contribution in [1.82, 2.24) is 4.90 Å². The number of hydrogen-bond donors (Lipinski definition) is 1. The smallest absolute Gasteiger partial charge is 0.165 e. The second-order valence-electron chi connectivity index (χ2n) is 7.13. The molecule has 0 amide bonds. The normalized spacial score (nSPS) is 32.2. The van der Waals surface area contributed by atoms with Gasteiger partial charge in [-0.25, -0.2) is 0 Å². The molecule has 23 heavy (non-hydrogen) atoms. The fourth-order valence-corrected chi connectivity index (χ4v) is 4.78. The summed E-state index contributed by atoms with van der Waals surface area (Å²) in [5.74, 6) is 1.72. The van der Waals surface area contributed by atoms with Crippen molar-refractivity contribution in [2.24, 2.45) is 0 Å². The molecule has 1 aliphatic heterocycles. The van der Waals surface area contributed by atoms with Gasteiger partial charge in [0.05, 0.1) is 20.3 Å². The van der Waals surface area contributed by atoms with Crippen molar-refractivity contribution in [3.8, 4) is 11.5 Å². The molecule has 1 aromatic rings. The van der Waals surface area contributed by atoms with E-state index < -0.39 is 0 Å². The van der Waals surface area contributed by atoms with Crippen LogP contribution in [0.3, 0.4) is 0 Å². The van der Waals surface area contributed by atoms with Crippen molar-refractivity contribution >= 4 is 0 Å². The summed E-state index contributed by atoms with van der Waals surface area (Å²) < 4.78 is 11.4. The Hall–Kier alpha value is -1.52. The third-order valence-electron chi connectivity index (χ3n) is 5.97. The summed E-state index contributed by atoms with van der Waals surface area (Å²) in [4.78, 5) is 2.46. The second kappa shape index (κ2) is 5.25. The van der Waals surface area contributed by atoms with Gasteiger partial charge >= 0.3 is 0 Å². The monoisotopic (exact) mass is 315 g/mol. The van der Waals surface area contributed by atoms with Gasteiger partial charge in [0, 0.05) is 23.6 Å². The van der Waals surface area contributed by atoms with Crippen molar-refractivity contribution in [3.05, 3.63) is 34.9 Å². The molecule has 0 saturated heterocycles. The van der Waals surface area contributed by atoms with E-state index in [0.29, 0.717) is 6.04 Å². The number of nitrogens with zero attached hydrogens (tertiary/aromatic N) is 1. The topological polar surface area (TPSA) is 41.9 Å². The summed E-state index contributed by atoms with van der Waals surface area (Å²) in [6, 6.07) is 2.60. The number of benzene rings is 1. The van der Waals surface area contributed by atoms with E-state index >= 15 is 0 Å². The van der Waals surface area contributed by atoms with Gasteiger partial charge in [-0.1, -0.05) is 12.2 Å². The highest BCUT2D eigenvalue weighted by atomic mass is 16.5. The lowest BCUT2D eigenvalue weighted by molar-refractivity contribution is 0.172. The number of ether oxygens (including phenoxy) is 2. The third kappa shape index (κ3) is 2.05. The van der Waals surface area contributed by atoms with Crippen molar-refractivity contribution < 1.29 is 14.6 Å². The zero-order valence-corrected chi connectivity index (χ0v) is 14.1. The molecule has 0 bridgehead atoms. The Labute approximate surface area is 137 Å². The van der Waals surface area contributed by atoms with E-state index in [-0.39, 0.29) is 11.5 Å². The van der Waals surface area contributed by atoms with Gasteiger partial charge in [-0.15, -0.1) is 0 Å². The van der Waals surface area contributed by atoms with Gasteiger partial charge in [0.15, 0.2) is 11.5 Å². The highest BCUT2D eigenvalue weighted by Crippen LogP contribution is 2.59. The van der Waals surface area contributed by atoms with Crippen molar-refractivity contribution in [3.63, 3.8) is 0 Å². The van der Waals surface area contributed by atoms with Crippen LogP contribution >= 0.6 is 0 Å². The van der Waals surface area contributed by atoms with Crippen LogP contribution in [0.2, 0.25) is 0 Å². The van der Waals surface area contributed by atoms with Crippen molar-refractivity contribution in [2.75, 3.05) is 27.8 Å². The maximum Gasteiger partial charge on any atom is 0.165 e. The van der Waals surface area contributed by atoms with Gasteiger partial charge in [0.2, 0.25) is 0 Å². The first kappa shape index (κ1) is 15.0. The number of aliphatic hydroxyl groups is 1. The van der Waals surface area contributed by atoms with E-state index in [1.54, 1.807) is 14.2 Å². The maximum absolute atomic E-state index is 9.92. The molecule has 124 valence electrons. The average Bonchev–Trinajstić information content (AvgIpc) is 2.90. The quantitative estimate of drug-likeness (QED) is 0.852. The molecule has 1 heterocycles. The molecule has 3 atom stereocenters. The highest BCUT2D eigenvalue weighted by molar-refractivity contribution is 5.63. The molecule has 1 spiro atoms. The first-order chi connectivity index (χ1) is 11.1. The number of hydrogen-bond acceptors (Lipinski definition) is 4. The van der Waals surface area contributed by atoms with Crippen LogP contribution in [-0.4, -0.2) is 43.9 Å². The van der Waals surface area contributed by atoms with E-state index in [1.807, 2.05) is 6.08 Å². The molecule has 0 aromatic heterocycles. The van der Waals surface area contributed by atoms with Crippen molar-refractivity contribution in [1.29, 1.82) is 0 Å². The minimum Gasteiger partial charge on any atom is -0.493 e. The number of likely N-dealkylation sites (N-methyl/N-ethyl adjacent to an activating group) is 1. The Balaban J connectivity index is 1.98. The Bertz CT molecular complexity index is 669. The van der Waals surface area contributed by atoms with Gasteiger partial charge < -0.3 is 14.6 Å². The summed E-state index contributed by atoms with van der Waals surface area (Å²) in [5.41, 5.74) is 4.11. The fourth-order valence-electron chi connectivity index (χ4n) is 4.78. The molecule has 4 rings (SSSR count). The largest absolute Gasteiger partial charge is 0.493 e. The average molecular weight is 315 g/mol. The molecule has 0 saturated carbocycles. The summed E-state index contributed by atoms with van der Waals surface area (Å²) in [7, 11) is 5.66. The van der Waals surface area contributed by atoms with E-state index in [9.17, 15) is 5.11 Å². The first-order valence-corrected chi connectivity index (χ1v) is 8.45. The molecule has 0 fully saturated rings. The Kier molecular flexibility index (Phi) is 3.43. The van der Waals surface area contributed by atoms with Crippen LogP contribution in [0.15, 0.2) is 18.2 Å². The standard InChI is InChI=1S/C19H25NO3/c1-20-9-6-12-10-15(22-2)18(23-3)17-16(12)14(20)11-19(17)7-4-13(21)5-8-19/h4,7,10,13-14,21H,5-6,8-9,11H2,1-3H3/t13-,14+,19+/m1/s1. The predicted molar refractivity (Wildman–Crippen MR) is 89.3 cm³/mol. The second-order valence-corrected chi connectivity index (χ2v) is 7.13. The summed E-state index contributed by atoms with van der Waals surface area (Å²) in [6.07, 6.45) is 7.77. The van der Waals surface area contributed by atoms with Crippen LogP contribution in [0.25, 0.3) is 0 Å². The molecule has 0 unspecified atom stereocenters. The molecule has 4 heteroatoms. The summed E-state index contributed by atoms with van der Waals surface area (Å²) >= 11 is 0. The molecule has 1 aromatic carbocycles. The lowest BCUT2D eigenvalue weighted by Crippen LogP contribution is -2.32. The number of aliphatic hydroxyl groups excluding tert-OH is 1. The summed E-state index contributed by atoms with van der Waals surface area (Å²) in [5, 5.41) is 9.92. The van der Waals surface area contributed by atoms with E-state index in [0.717, 1.165) is 43.7 Å². The SMILES string of the molecule is COc1cc2c3c(c1OC)[C@]1(C=C[C@@H](O)CC1)C[C@@H]3N(C)CC2. The Morgan fingerprint density at radius 3 is 2.78 bits per heavy atom. The van der Waals surface area contributed by atoms with Crippen LogP contribution in [0, 0.1) is 0 Å². The minimum atomic E-state index is -0.318. The van der Waals surface area contributed by atoms with Gasteiger partial charge in [0.25, 0.3) is 0 Å². The summed E-state index contributed by atoms with van der Waals surface area (Å²) in [6.45, 7) is 1.08. The lowest BCUT2D eigenvalue weighted by Gasteiger charge is -2.33. The van der Waals surface area contributed by atoms with E-state index in [1.165, 1.54) is 16.7 Å². The first-order valence-electron chi connectivity index (χ1n) is 8.45. The van der Waals surface area contributed by atoms with Crippen LogP contribution < -0.4 is 9.47 Å². The highest BCUT2D eigenvalue weighted by Gasteiger charge is 2.49. The zero-order chi connectivity index (χ0) is 16.2. The molecule has 0 radical (unpaired) electrons. The molecule has 4 nitrogen and oxygen atoms in total. The number of rotatable bonds is 2. The van der Waals surface area contributed by atoms with E-state index in [2.05, 4.69) is 24.1 Å². The van der Waals surface area contributed by atoms with Crippen LogP contribution in [-0.2, 0) is 11.8 Å². The molecule has 3 aliphatic rings. The van der Waals surface area contributed by atoms with Gasteiger partial charge in [-0.2, -0.15) is 0 Å². The fraction of sp³-hybridized carbons (Fsp3) is 0.579. The van der Waals surface area contributed by atoms with Crippen LogP contribution in [0.4, 0.5) is 0 Å². The molecule has 2 aliphatic carbocycles.